The lowest BCUT2D eigenvalue weighted by atomic mass is 9.97. The molecular formula is C49H97NO17S2. The van der Waals surface area contributed by atoms with Crippen LogP contribution in [-0.4, -0.2) is 220 Å². The molecule has 0 saturated carbocycles. The molecule has 5 N–H and O–H groups in total. The number of carbonyl (C=O) groups excluding carboxylic acids is 1. The maximum Gasteiger partial charge on any atom is 0.217 e. The molecule has 1 fully saturated rings. The van der Waals surface area contributed by atoms with Crippen LogP contribution in [0.5, 0.6) is 0 Å². The Morgan fingerprint density at radius 3 is 1.06 bits per heavy atom. The Kier molecular flexibility index (Phi) is 51.9. The molecule has 20 heteroatoms. The van der Waals surface area contributed by atoms with Gasteiger partial charge in [0.15, 0.2) is 6.29 Å². The van der Waals surface area contributed by atoms with Crippen molar-refractivity contribution in [1.82, 2.24) is 5.32 Å². The van der Waals surface area contributed by atoms with Crippen molar-refractivity contribution in [2.75, 3.05) is 163 Å². The average molecular weight is 1040 g/mol. The van der Waals surface area contributed by atoms with Crippen molar-refractivity contribution in [2.24, 2.45) is 0 Å². The fraction of sp³-hybridized carbons (Fsp3) is 0.980. The molecule has 18 nitrogen and oxygen atoms in total. The van der Waals surface area contributed by atoms with Crippen molar-refractivity contribution in [3.8, 4) is 0 Å². The Bertz CT molecular complexity index is 1050. The lowest BCUT2D eigenvalue weighted by molar-refractivity contribution is -0.272. The van der Waals surface area contributed by atoms with Gasteiger partial charge in [0.1, 0.15) is 24.4 Å². The SMILES string of the molecule is CC(=O)N[C@H]1C(O)[C@H](O)C(CO)O[C@H]1OCCOCCOCCOCCOCCOCCOCCCCCCCCCCSSCCCCCCCCCCCOCCOCCOCCOCCO. The van der Waals surface area contributed by atoms with Crippen LogP contribution in [0.15, 0.2) is 0 Å². The van der Waals surface area contributed by atoms with E-state index in [0.717, 1.165) is 26.1 Å². The predicted molar refractivity (Wildman–Crippen MR) is 270 cm³/mol. The maximum atomic E-state index is 11.5. The monoisotopic (exact) mass is 1040 g/mol. The molecule has 412 valence electrons. The summed E-state index contributed by atoms with van der Waals surface area (Å²) in [7, 11) is 4.14. The van der Waals surface area contributed by atoms with Gasteiger partial charge in [-0.15, -0.1) is 0 Å². The van der Waals surface area contributed by atoms with E-state index in [-0.39, 0.29) is 19.8 Å². The number of ether oxygens (including phenoxy) is 12. The van der Waals surface area contributed by atoms with Crippen molar-refractivity contribution < 1.29 is 82.1 Å². The molecule has 2 unspecified atom stereocenters. The first-order valence-electron chi connectivity index (χ1n) is 26.1. The Morgan fingerprint density at radius 2 is 0.725 bits per heavy atom. The Balaban J connectivity index is 1.66. The zero-order chi connectivity index (χ0) is 49.8. The Morgan fingerprint density at radius 1 is 0.420 bits per heavy atom. The van der Waals surface area contributed by atoms with Crippen LogP contribution in [0.1, 0.15) is 116 Å². The van der Waals surface area contributed by atoms with Crippen LogP contribution in [0.2, 0.25) is 0 Å². The van der Waals surface area contributed by atoms with Gasteiger partial charge in [-0.3, -0.25) is 4.79 Å². The third-order valence-electron chi connectivity index (χ3n) is 10.8. The van der Waals surface area contributed by atoms with Crippen LogP contribution >= 0.6 is 21.6 Å². The number of aliphatic hydroxyl groups is 4. The van der Waals surface area contributed by atoms with Crippen molar-refractivity contribution in [2.45, 2.75) is 147 Å². The van der Waals surface area contributed by atoms with Gasteiger partial charge in [-0.1, -0.05) is 105 Å². The average Bonchev–Trinajstić information content (AvgIpc) is 3.34. The molecule has 69 heavy (non-hydrogen) atoms. The van der Waals surface area contributed by atoms with Gasteiger partial charge in [0, 0.05) is 31.6 Å². The second kappa shape index (κ2) is 53.8. The number of aliphatic hydroxyl groups excluding tert-OH is 4. The summed E-state index contributed by atoms with van der Waals surface area (Å²) in [5.41, 5.74) is 0. The molecule has 0 radical (unpaired) electrons. The lowest BCUT2D eigenvalue weighted by Crippen LogP contribution is -2.64. The number of rotatable bonds is 56. The molecule has 1 aliphatic heterocycles. The molecule has 0 aromatic carbocycles. The normalized spacial score (nSPS) is 18.4. The highest BCUT2D eigenvalue weighted by atomic mass is 33.1. The molecule has 0 bridgehead atoms. The second-order valence-electron chi connectivity index (χ2n) is 16.8. The number of hydrogen-bond acceptors (Lipinski definition) is 19. The molecule has 5 atom stereocenters. The Labute approximate surface area is 423 Å². The molecule has 0 aromatic rings. The fourth-order valence-electron chi connectivity index (χ4n) is 7.01. The van der Waals surface area contributed by atoms with E-state index in [2.05, 4.69) is 26.9 Å². The number of unbranched alkanes of at least 4 members (excludes halogenated alkanes) is 15. The van der Waals surface area contributed by atoms with E-state index in [0.29, 0.717) is 112 Å². The molecule has 0 aliphatic carbocycles. The van der Waals surface area contributed by atoms with Crippen LogP contribution < -0.4 is 5.32 Å². The maximum absolute atomic E-state index is 11.5. The van der Waals surface area contributed by atoms with E-state index in [9.17, 15) is 20.1 Å². The molecule has 1 rings (SSSR count). The van der Waals surface area contributed by atoms with Crippen molar-refractivity contribution in [1.29, 1.82) is 0 Å². The summed E-state index contributed by atoms with van der Waals surface area (Å²) in [6.45, 7) is 11.3. The third kappa shape index (κ3) is 44.7. The summed E-state index contributed by atoms with van der Waals surface area (Å²) in [4.78, 5) is 11.5. The minimum Gasteiger partial charge on any atom is -0.394 e. The minimum absolute atomic E-state index is 0.0438. The van der Waals surface area contributed by atoms with Gasteiger partial charge < -0.3 is 82.6 Å². The van der Waals surface area contributed by atoms with E-state index in [1.165, 1.54) is 115 Å². The zero-order valence-corrected chi connectivity index (χ0v) is 44.1. The summed E-state index contributed by atoms with van der Waals surface area (Å²) in [5.74, 6) is 2.16. The summed E-state index contributed by atoms with van der Waals surface area (Å²) in [6, 6.07) is -0.983. The van der Waals surface area contributed by atoms with Crippen molar-refractivity contribution >= 4 is 27.5 Å². The van der Waals surface area contributed by atoms with Gasteiger partial charge in [0.05, 0.1) is 139 Å². The first kappa shape index (κ1) is 66.5. The smallest absolute Gasteiger partial charge is 0.217 e. The first-order chi connectivity index (χ1) is 34.0. The molecule has 1 saturated heterocycles. The van der Waals surface area contributed by atoms with Gasteiger partial charge in [-0.25, -0.2) is 0 Å². The number of amides is 1. The standard InChI is InChI=1S/C49H97NO17S2/c1-44(53)50-46-48(55)47(54)45(43-52)67-49(46)66-40-39-65-38-37-64-36-35-63-34-33-62-32-30-60-27-24-57-21-16-12-8-4-6-10-14-18-42-69-68-41-17-13-9-5-2-3-7-11-15-20-56-23-26-59-29-31-61-28-25-58-22-19-51/h45-49,51-52,54-55H,2-43H2,1H3,(H,50,53)/t45?,46-,47+,48?,49+/m0/s1. The lowest BCUT2D eigenvalue weighted by Gasteiger charge is -2.42. The summed E-state index contributed by atoms with van der Waals surface area (Å²) in [6.07, 6.45) is 17.4. The van der Waals surface area contributed by atoms with Crippen LogP contribution in [0.4, 0.5) is 0 Å². The molecule has 0 spiro atoms. The quantitative estimate of drug-likeness (QED) is 0.0394. The predicted octanol–water partition coefficient (Wildman–Crippen LogP) is 5.12. The first-order valence-corrected chi connectivity index (χ1v) is 28.6. The summed E-state index contributed by atoms with van der Waals surface area (Å²) >= 11 is 0. The highest BCUT2D eigenvalue weighted by Crippen LogP contribution is 2.25. The van der Waals surface area contributed by atoms with Crippen molar-refractivity contribution in [3.05, 3.63) is 0 Å². The minimum atomic E-state index is -1.36. The third-order valence-corrected chi connectivity index (χ3v) is 13.4. The fourth-order valence-corrected chi connectivity index (χ4v) is 9.30. The van der Waals surface area contributed by atoms with E-state index < -0.39 is 43.2 Å². The second-order valence-corrected chi connectivity index (χ2v) is 19.5. The molecular weight excluding hydrogens is 939 g/mol. The van der Waals surface area contributed by atoms with Gasteiger partial charge >= 0.3 is 0 Å². The highest BCUT2D eigenvalue weighted by molar-refractivity contribution is 8.76. The summed E-state index contributed by atoms with van der Waals surface area (Å²) in [5, 5.41) is 40.9. The van der Waals surface area contributed by atoms with Crippen LogP contribution in [0.3, 0.4) is 0 Å². The van der Waals surface area contributed by atoms with Crippen molar-refractivity contribution in [3.63, 3.8) is 0 Å². The molecule has 1 amide bonds. The number of hydrogen-bond donors (Lipinski definition) is 5. The van der Waals surface area contributed by atoms with Gasteiger partial charge in [0.2, 0.25) is 5.91 Å². The van der Waals surface area contributed by atoms with E-state index in [1.807, 2.05) is 0 Å². The zero-order valence-electron chi connectivity index (χ0n) is 42.5. The largest absolute Gasteiger partial charge is 0.394 e. The van der Waals surface area contributed by atoms with Crippen LogP contribution in [0, 0.1) is 0 Å². The number of carbonyl (C=O) groups is 1. The summed E-state index contributed by atoms with van der Waals surface area (Å²) < 4.78 is 66.1. The van der Waals surface area contributed by atoms with Gasteiger partial charge in [-0.05, 0) is 25.7 Å². The topological polar surface area (TPSA) is 221 Å². The van der Waals surface area contributed by atoms with Gasteiger partial charge in [-0.2, -0.15) is 0 Å². The van der Waals surface area contributed by atoms with E-state index in [4.69, 9.17) is 61.9 Å². The highest BCUT2D eigenvalue weighted by Gasteiger charge is 2.45. The van der Waals surface area contributed by atoms with Gasteiger partial charge in [0.25, 0.3) is 0 Å². The number of nitrogens with one attached hydrogen (secondary N) is 1. The molecule has 0 aromatic heterocycles. The molecule has 1 aliphatic rings. The van der Waals surface area contributed by atoms with E-state index in [1.54, 1.807) is 0 Å². The van der Waals surface area contributed by atoms with E-state index >= 15 is 0 Å². The van der Waals surface area contributed by atoms with Crippen LogP contribution in [-0.2, 0) is 61.6 Å². The molecule has 1 heterocycles. The van der Waals surface area contributed by atoms with Crippen LogP contribution in [0.25, 0.3) is 0 Å². The Hall–Kier alpha value is -0.470.